The lowest BCUT2D eigenvalue weighted by Gasteiger charge is -2.44. The molecule has 0 spiro atoms. The lowest BCUT2D eigenvalue weighted by Crippen LogP contribution is -2.57. The summed E-state index contributed by atoms with van der Waals surface area (Å²) in [5, 5.41) is 4.20. The topological polar surface area (TPSA) is 61.0 Å². The van der Waals surface area contributed by atoms with Crippen molar-refractivity contribution in [1.29, 1.82) is 0 Å². The van der Waals surface area contributed by atoms with Gasteiger partial charge in [0, 0.05) is 24.2 Å². The molecule has 3 aliphatic rings. The zero-order valence-corrected chi connectivity index (χ0v) is 13.8. The minimum Gasteiger partial charge on any atom is -0.360 e. The molecule has 5 nitrogen and oxygen atoms in total. The first-order valence-corrected chi connectivity index (χ1v) is 7.26. The van der Waals surface area contributed by atoms with Crippen LogP contribution in [-0.2, 0) is 0 Å². The molecule has 120 valence electrons. The van der Waals surface area contributed by atoms with E-state index in [2.05, 4.69) is 20.2 Å². The molecule has 2 N–H and O–H groups in total. The summed E-state index contributed by atoms with van der Waals surface area (Å²) >= 11 is 0. The van der Waals surface area contributed by atoms with Gasteiger partial charge in [0.05, 0.1) is 11.7 Å². The molecule has 2 aromatic heterocycles. The van der Waals surface area contributed by atoms with Crippen LogP contribution in [0.25, 0.3) is 10.9 Å². The summed E-state index contributed by atoms with van der Waals surface area (Å²) in [6, 6.07) is 4.10. The van der Waals surface area contributed by atoms with Gasteiger partial charge in [0.15, 0.2) is 0 Å². The SMILES string of the molecule is Cl.Cl.O=C(N[C@@H]1CN2CCC1CC2)c1cc2cc[nH]c2cn1. The van der Waals surface area contributed by atoms with Crippen molar-refractivity contribution in [3.05, 3.63) is 30.2 Å². The molecule has 5 heterocycles. The average Bonchev–Trinajstić information content (AvgIpc) is 2.96. The van der Waals surface area contributed by atoms with Crippen molar-refractivity contribution in [1.82, 2.24) is 20.2 Å². The van der Waals surface area contributed by atoms with E-state index in [0.29, 0.717) is 11.6 Å². The fraction of sp³-hybridized carbons (Fsp3) is 0.467. The predicted molar refractivity (Wildman–Crippen MR) is 91.0 cm³/mol. The fourth-order valence-electron chi connectivity index (χ4n) is 3.45. The molecule has 0 unspecified atom stereocenters. The lowest BCUT2D eigenvalue weighted by molar-refractivity contribution is 0.0618. The van der Waals surface area contributed by atoms with Crippen molar-refractivity contribution in [2.75, 3.05) is 19.6 Å². The molecule has 2 bridgehead atoms. The minimum absolute atomic E-state index is 0. The van der Waals surface area contributed by atoms with Crippen LogP contribution in [0.3, 0.4) is 0 Å². The highest BCUT2D eigenvalue weighted by atomic mass is 35.5. The Balaban J connectivity index is 0.000000882. The molecule has 0 saturated carbocycles. The number of halogens is 2. The third kappa shape index (κ3) is 3.07. The van der Waals surface area contributed by atoms with Gasteiger partial charge in [0.2, 0.25) is 0 Å². The monoisotopic (exact) mass is 342 g/mol. The Kier molecular flexibility index (Phi) is 5.32. The number of piperidine rings is 3. The van der Waals surface area contributed by atoms with E-state index >= 15 is 0 Å². The molecule has 0 aromatic carbocycles. The Morgan fingerprint density at radius 1 is 1.32 bits per heavy atom. The number of fused-ring (bicyclic) bond motifs is 4. The number of H-pyrrole nitrogens is 1. The van der Waals surface area contributed by atoms with Crippen LogP contribution in [0.4, 0.5) is 0 Å². The lowest BCUT2D eigenvalue weighted by atomic mass is 9.84. The molecule has 5 rings (SSSR count). The largest absolute Gasteiger partial charge is 0.360 e. The number of carbonyl (C=O) groups excluding carboxylic acids is 1. The summed E-state index contributed by atoms with van der Waals surface area (Å²) in [5.41, 5.74) is 1.47. The zero-order valence-electron chi connectivity index (χ0n) is 12.1. The third-order valence-electron chi connectivity index (χ3n) is 4.64. The normalized spacial score (nSPS) is 26.1. The van der Waals surface area contributed by atoms with Gasteiger partial charge in [-0.15, -0.1) is 24.8 Å². The van der Waals surface area contributed by atoms with Crippen molar-refractivity contribution in [2.45, 2.75) is 18.9 Å². The fourth-order valence-corrected chi connectivity index (χ4v) is 3.45. The summed E-state index contributed by atoms with van der Waals surface area (Å²) in [7, 11) is 0. The highest BCUT2D eigenvalue weighted by molar-refractivity contribution is 5.96. The number of rotatable bonds is 2. The van der Waals surface area contributed by atoms with Gasteiger partial charge in [-0.05, 0) is 44.0 Å². The van der Waals surface area contributed by atoms with Crippen molar-refractivity contribution in [3.63, 3.8) is 0 Å². The predicted octanol–water partition coefficient (Wildman–Crippen LogP) is 2.23. The number of hydrogen-bond donors (Lipinski definition) is 2. The van der Waals surface area contributed by atoms with Crippen LogP contribution in [0, 0.1) is 5.92 Å². The molecule has 0 radical (unpaired) electrons. The number of nitrogens with zero attached hydrogens (tertiary/aromatic N) is 2. The van der Waals surface area contributed by atoms with E-state index in [1.807, 2.05) is 18.3 Å². The maximum atomic E-state index is 12.4. The summed E-state index contributed by atoms with van der Waals surface area (Å²) in [4.78, 5) is 22.1. The van der Waals surface area contributed by atoms with E-state index in [1.54, 1.807) is 6.20 Å². The second-order valence-electron chi connectivity index (χ2n) is 5.85. The molecular weight excluding hydrogens is 323 g/mol. The Labute approximate surface area is 141 Å². The van der Waals surface area contributed by atoms with Gasteiger partial charge < -0.3 is 15.2 Å². The van der Waals surface area contributed by atoms with Crippen LogP contribution >= 0.6 is 24.8 Å². The van der Waals surface area contributed by atoms with Crippen LogP contribution in [0.2, 0.25) is 0 Å². The van der Waals surface area contributed by atoms with Crippen molar-refractivity contribution in [2.24, 2.45) is 5.92 Å². The van der Waals surface area contributed by atoms with E-state index in [4.69, 9.17) is 0 Å². The highest BCUT2D eigenvalue weighted by Crippen LogP contribution is 2.27. The maximum absolute atomic E-state index is 12.4. The number of hydrogen-bond acceptors (Lipinski definition) is 3. The molecule has 1 amide bonds. The molecular formula is C15H20Cl2N4O. The van der Waals surface area contributed by atoms with Gasteiger partial charge in [-0.3, -0.25) is 4.79 Å². The van der Waals surface area contributed by atoms with E-state index < -0.39 is 0 Å². The molecule has 0 aliphatic carbocycles. The molecule has 7 heteroatoms. The number of pyridine rings is 1. The number of amides is 1. The quantitative estimate of drug-likeness (QED) is 0.879. The molecule has 1 atom stereocenters. The Bertz CT molecular complexity index is 652. The molecule has 3 saturated heterocycles. The second kappa shape index (κ2) is 6.86. The van der Waals surface area contributed by atoms with Gasteiger partial charge in [-0.25, -0.2) is 4.98 Å². The Morgan fingerprint density at radius 2 is 2.09 bits per heavy atom. The zero-order chi connectivity index (χ0) is 13.5. The summed E-state index contributed by atoms with van der Waals surface area (Å²) in [6.45, 7) is 3.36. The van der Waals surface area contributed by atoms with Gasteiger partial charge in [-0.1, -0.05) is 0 Å². The van der Waals surface area contributed by atoms with Gasteiger partial charge in [0.1, 0.15) is 5.69 Å². The standard InChI is InChI=1S/C15H18N4O.2ClH/c20-15(12-7-11-1-4-16-13(11)8-17-12)18-14-9-19-5-2-10(14)3-6-19;;/h1,4,7-8,10,14,16H,2-3,5-6,9H2,(H,18,20);2*1H/t14-;;/m1../s1. The smallest absolute Gasteiger partial charge is 0.270 e. The molecule has 22 heavy (non-hydrogen) atoms. The van der Waals surface area contributed by atoms with Gasteiger partial charge in [-0.2, -0.15) is 0 Å². The minimum atomic E-state index is -0.0492. The number of carbonyl (C=O) groups is 1. The summed E-state index contributed by atoms with van der Waals surface area (Å²) in [5.74, 6) is 0.590. The van der Waals surface area contributed by atoms with Crippen LogP contribution in [0.5, 0.6) is 0 Å². The first kappa shape index (κ1) is 17.1. The van der Waals surface area contributed by atoms with Crippen molar-refractivity contribution < 1.29 is 4.79 Å². The van der Waals surface area contributed by atoms with Crippen LogP contribution in [-0.4, -0.2) is 46.5 Å². The number of aromatic amines is 1. The van der Waals surface area contributed by atoms with Crippen molar-refractivity contribution in [3.8, 4) is 0 Å². The van der Waals surface area contributed by atoms with Gasteiger partial charge >= 0.3 is 0 Å². The van der Waals surface area contributed by atoms with Gasteiger partial charge in [0.25, 0.3) is 5.91 Å². The maximum Gasteiger partial charge on any atom is 0.270 e. The summed E-state index contributed by atoms with van der Waals surface area (Å²) < 4.78 is 0. The third-order valence-corrected chi connectivity index (χ3v) is 4.64. The first-order chi connectivity index (χ1) is 9.79. The van der Waals surface area contributed by atoms with Crippen molar-refractivity contribution >= 4 is 41.6 Å². The van der Waals surface area contributed by atoms with Crippen LogP contribution < -0.4 is 5.32 Å². The Hall–Kier alpha value is -1.30. The molecule has 3 aliphatic heterocycles. The number of aromatic nitrogens is 2. The molecule has 2 aromatic rings. The molecule has 3 fully saturated rings. The average molecular weight is 343 g/mol. The summed E-state index contributed by atoms with van der Waals surface area (Å²) in [6.07, 6.45) is 5.99. The van der Waals surface area contributed by atoms with Crippen LogP contribution in [0.1, 0.15) is 23.3 Å². The van der Waals surface area contributed by atoms with E-state index in [0.717, 1.165) is 17.4 Å². The Morgan fingerprint density at radius 3 is 2.77 bits per heavy atom. The second-order valence-corrected chi connectivity index (χ2v) is 5.85. The van der Waals surface area contributed by atoms with E-state index in [9.17, 15) is 4.79 Å². The van der Waals surface area contributed by atoms with E-state index in [-0.39, 0.29) is 36.8 Å². The number of nitrogens with one attached hydrogen (secondary N) is 2. The van der Waals surface area contributed by atoms with Crippen LogP contribution in [0.15, 0.2) is 24.5 Å². The first-order valence-electron chi connectivity index (χ1n) is 7.26. The highest BCUT2D eigenvalue weighted by Gasteiger charge is 2.35. The van der Waals surface area contributed by atoms with E-state index in [1.165, 1.54) is 25.9 Å².